The molecule has 0 atom stereocenters. The van der Waals surface area contributed by atoms with Crippen LogP contribution < -0.4 is 0 Å². The van der Waals surface area contributed by atoms with Crippen molar-refractivity contribution in [2.75, 3.05) is 20.3 Å². The maximum atomic E-state index is 8.13. The van der Waals surface area contributed by atoms with Crippen LogP contribution in [0.4, 0.5) is 0 Å². The van der Waals surface area contributed by atoms with Gasteiger partial charge in [0.25, 0.3) is 0 Å². The number of rotatable bonds is 4. The average Bonchev–Trinajstić information content (AvgIpc) is 1.69. The molecule has 4 heteroatoms. The first-order chi connectivity index (χ1) is 3.41. The minimum absolute atomic E-state index is 0.0936. The van der Waals surface area contributed by atoms with Crippen molar-refractivity contribution in [2.24, 2.45) is 0 Å². The zero-order valence-corrected chi connectivity index (χ0v) is 5.80. The van der Waals surface area contributed by atoms with Gasteiger partial charge in [-0.25, -0.2) is 0 Å². The summed E-state index contributed by atoms with van der Waals surface area (Å²) >= 11 is 0. The van der Waals surface area contributed by atoms with E-state index in [1.54, 1.807) is 7.11 Å². The lowest BCUT2D eigenvalue weighted by Gasteiger charge is -1.95. The standard InChI is InChI=1S/C3H10O3Si/c1-5-7-6-3-2-4/h4H,2-3,7H2,1H3. The van der Waals surface area contributed by atoms with Crippen molar-refractivity contribution < 1.29 is 14.0 Å². The van der Waals surface area contributed by atoms with Crippen molar-refractivity contribution in [3.05, 3.63) is 0 Å². The second-order valence-electron chi connectivity index (χ2n) is 1.04. The molecule has 0 aromatic carbocycles. The third kappa shape index (κ3) is 6.10. The predicted octanol–water partition coefficient (Wildman–Crippen LogP) is -1.36. The predicted molar refractivity (Wildman–Crippen MR) is 28.6 cm³/mol. The van der Waals surface area contributed by atoms with Gasteiger partial charge in [0.15, 0.2) is 0 Å². The summed E-state index contributed by atoms with van der Waals surface area (Å²) in [6, 6.07) is 0. The molecule has 7 heavy (non-hydrogen) atoms. The highest BCUT2D eigenvalue weighted by molar-refractivity contribution is 6.17. The number of aliphatic hydroxyl groups is 1. The van der Waals surface area contributed by atoms with Crippen molar-refractivity contribution in [1.82, 2.24) is 0 Å². The van der Waals surface area contributed by atoms with Crippen LogP contribution in [0.15, 0.2) is 0 Å². The molecule has 0 saturated carbocycles. The SMILES string of the molecule is CO[SiH2]OCCO. The van der Waals surface area contributed by atoms with Crippen LogP contribution in [0.2, 0.25) is 0 Å². The van der Waals surface area contributed by atoms with Gasteiger partial charge in [0.1, 0.15) is 0 Å². The van der Waals surface area contributed by atoms with Crippen molar-refractivity contribution in [2.45, 2.75) is 0 Å². The van der Waals surface area contributed by atoms with Gasteiger partial charge in [0.2, 0.25) is 0 Å². The van der Waals surface area contributed by atoms with Crippen LogP contribution in [0, 0.1) is 0 Å². The molecule has 44 valence electrons. The van der Waals surface area contributed by atoms with Gasteiger partial charge < -0.3 is 14.0 Å². The van der Waals surface area contributed by atoms with Gasteiger partial charge in [-0.15, -0.1) is 0 Å². The number of hydrogen-bond donors (Lipinski definition) is 1. The van der Waals surface area contributed by atoms with Gasteiger partial charge in [-0.1, -0.05) is 0 Å². The molecule has 0 bridgehead atoms. The Morgan fingerprint density at radius 3 is 2.86 bits per heavy atom. The molecule has 0 rings (SSSR count). The molecular formula is C3H10O3Si. The Hall–Kier alpha value is 0.0969. The molecule has 0 aliphatic carbocycles. The molecule has 0 fully saturated rings. The van der Waals surface area contributed by atoms with Gasteiger partial charge >= 0.3 is 10.0 Å². The normalized spacial score (nSPS) is 11.1. The van der Waals surface area contributed by atoms with E-state index in [2.05, 4.69) is 4.43 Å². The van der Waals surface area contributed by atoms with E-state index >= 15 is 0 Å². The monoisotopic (exact) mass is 122 g/mol. The minimum atomic E-state index is -0.749. The summed E-state index contributed by atoms with van der Waals surface area (Å²) in [4.78, 5) is 0. The van der Waals surface area contributed by atoms with Crippen LogP contribution in [0.3, 0.4) is 0 Å². The molecule has 0 radical (unpaired) electrons. The Balaban J connectivity index is 2.45. The fourth-order valence-electron chi connectivity index (χ4n) is 0.207. The van der Waals surface area contributed by atoms with Crippen molar-refractivity contribution in [3.63, 3.8) is 0 Å². The molecule has 0 aliphatic rings. The van der Waals surface area contributed by atoms with Crippen LogP contribution >= 0.6 is 0 Å². The fourth-order valence-corrected chi connectivity index (χ4v) is 0.620. The Labute approximate surface area is 45.3 Å². The molecular weight excluding hydrogens is 112 g/mol. The lowest BCUT2D eigenvalue weighted by atomic mass is 10.8. The second kappa shape index (κ2) is 6.10. The summed E-state index contributed by atoms with van der Waals surface area (Å²) in [5.74, 6) is 0. The molecule has 0 heterocycles. The average molecular weight is 122 g/mol. The molecule has 3 nitrogen and oxygen atoms in total. The van der Waals surface area contributed by atoms with E-state index in [9.17, 15) is 0 Å². The van der Waals surface area contributed by atoms with Crippen molar-refractivity contribution in [3.8, 4) is 0 Å². The molecule has 0 saturated heterocycles. The van der Waals surface area contributed by atoms with E-state index in [4.69, 9.17) is 9.53 Å². The van der Waals surface area contributed by atoms with E-state index in [1.807, 2.05) is 0 Å². The first-order valence-corrected chi connectivity index (χ1v) is 3.25. The lowest BCUT2D eigenvalue weighted by molar-refractivity contribution is 0.181. The van der Waals surface area contributed by atoms with Crippen molar-refractivity contribution >= 4 is 10.0 Å². The van der Waals surface area contributed by atoms with Crippen LogP contribution in [0.25, 0.3) is 0 Å². The fraction of sp³-hybridized carbons (Fsp3) is 1.00. The molecule has 1 N–H and O–H groups in total. The third-order valence-electron chi connectivity index (χ3n) is 0.437. The summed E-state index contributed by atoms with van der Waals surface area (Å²) in [5, 5.41) is 8.13. The zero-order valence-electron chi connectivity index (χ0n) is 4.39. The molecule has 0 aromatic rings. The smallest absolute Gasteiger partial charge is 0.304 e. The summed E-state index contributed by atoms with van der Waals surface area (Å²) < 4.78 is 9.45. The molecule has 0 amide bonds. The summed E-state index contributed by atoms with van der Waals surface area (Å²) in [5.41, 5.74) is 0. The lowest BCUT2D eigenvalue weighted by Crippen LogP contribution is -2.05. The van der Waals surface area contributed by atoms with Crippen LogP contribution in [-0.4, -0.2) is 35.4 Å². The minimum Gasteiger partial charge on any atom is -0.402 e. The van der Waals surface area contributed by atoms with Crippen LogP contribution in [0.1, 0.15) is 0 Å². The maximum Gasteiger partial charge on any atom is 0.304 e. The number of aliphatic hydroxyl groups excluding tert-OH is 1. The largest absolute Gasteiger partial charge is 0.402 e. The molecule has 0 aromatic heterocycles. The summed E-state index contributed by atoms with van der Waals surface area (Å²) in [7, 11) is 0.852. The summed E-state index contributed by atoms with van der Waals surface area (Å²) in [6.45, 7) is 0.510. The first kappa shape index (κ1) is 7.10. The van der Waals surface area contributed by atoms with Crippen LogP contribution in [-0.2, 0) is 8.85 Å². The quantitative estimate of drug-likeness (QED) is 0.370. The third-order valence-corrected chi connectivity index (χ3v) is 1.13. The molecule has 0 unspecified atom stereocenters. The van der Waals surface area contributed by atoms with Gasteiger partial charge in [-0.2, -0.15) is 0 Å². The Morgan fingerprint density at radius 1 is 1.71 bits per heavy atom. The van der Waals surface area contributed by atoms with Gasteiger partial charge in [0, 0.05) is 7.11 Å². The van der Waals surface area contributed by atoms with Crippen molar-refractivity contribution in [1.29, 1.82) is 0 Å². The Bertz CT molecular complexity index is 29.4. The highest BCUT2D eigenvalue weighted by Gasteiger charge is 1.80. The van der Waals surface area contributed by atoms with E-state index in [1.165, 1.54) is 0 Å². The highest BCUT2D eigenvalue weighted by Crippen LogP contribution is 1.66. The van der Waals surface area contributed by atoms with E-state index in [0.717, 1.165) is 0 Å². The molecule has 0 aliphatic heterocycles. The molecule has 0 spiro atoms. The number of hydrogen-bond acceptors (Lipinski definition) is 3. The van der Waals surface area contributed by atoms with Gasteiger partial charge in [0.05, 0.1) is 13.2 Å². The van der Waals surface area contributed by atoms with E-state index in [0.29, 0.717) is 6.61 Å². The van der Waals surface area contributed by atoms with E-state index in [-0.39, 0.29) is 6.61 Å². The Morgan fingerprint density at radius 2 is 2.43 bits per heavy atom. The summed E-state index contributed by atoms with van der Waals surface area (Å²) in [6.07, 6.45) is 0. The van der Waals surface area contributed by atoms with Gasteiger partial charge in [-0.05, 0) is 0 Å². The highest BCUT2D eigenvalue weighted by atomic mass is 28.3. The second-order valence-corrected chi connectivity index (χ2v) is 2.26. The topological polar surface area (TPSA) is 38.7 Å². The van der Waals surface area contributed by atoms with Crippen LogP contribution in [0.5, 0.6) is 0 Å². The Kier molecular flexibility index (Phi) is 6.18. The maximum absolute atomic E-state index is 8.13. The van der Waals surface area contributed by atoms with E-state index < -0.39 is 10.0 Å². The van der Waals surface area contributed by atoms with Gasteiger partial charge in [-0.3, -0.25) is 0 Å². The zero-order chi connectivity index (χ0) is 5.54. The first-order valence-electron chi connectivity index (χ1n) is 2.09.